The molecule has 0 spiro atoms. The first-order valence-corrected chi connectivity index (χ1v) is 7.21. The SMILES string of the molecule is CNC(=O)c1sc(N(C)Cc2cccc(C)c2)cc1N. The lowest BCUT2D eigenvalue weighted by atomic mass is 10.1. The molecule has 0 saturated heterocycles. The number of thiophene rings is 1. The van der Waals surface area contributed by atoms with Crippen LogP contribution in [0.4, 0.5) is 10.7 Å². The Balaban J connectivity index is 2.17. The summed E-state index contributed by atoms with van der Waals surface area (Å²) in [4.78, 5) is 14.3. The summed E-state index contributed by atoms with van der Waals surface area (Å²) < 4.78 is 0. The molecular weight excluding hydrogens is 270 g/mol. The smallest absolute Gasteiger partial charge is 0.263 e. The summed E-state index contributed by atoms with van der Waals surface area (Å²) in [6.07, 6.45) is 0. The third-order valence-electron chi connectivity index (χ3n) is 3.06. The second-order valence-corrected chi connectivity index (χ2v) is 5.82. The lowest BCUT2D eigenvalue weighted by Gasteiger charge is -2.17. The number of anilines is 2. The van der Waals surface area contributed by atoms with Gasteiger partial charge in [0, 0.05) is 20.6 Å². The first kappa shape index (κ1) is 14.4. The van der Waals surface area contributed by atoms with Crippen LogP contribution in [0.25, 0.3) is 0 Å². The van der Waals surface area contributed by atoms with Crippen LogP contribution in [0.5, 0.6) is 0 Å². The number of aryl methyl sites for hydroxylation is 1. The Kier molecular flexibility index (Phi) is 4.29. The van der Waals surface area contributed by atoms with E-state index < -0.39 is 0 Å². The molecule has 0 atom stereocenters. The summed E-state index contributed by atoms with van der Waals surface area (Å²) in [5, 5.41) is 3.59. The Labute approximate surface area is 123 Å². The molecule has 0 aliphatic heterocycles. The predicted molar refractivity (Wildman–Crippen MR) is 85.4 cm³/mol. The number of benzene rings is 1. The van der Waals surface area contributed by atoms with E-state index in [0.717, 1.165) is 11.5 Å². The van der Waals surface area contributed by atoms with Gasteiger partial charge in [-0.1, -0.05) is 29.8 Å². The molecule has 0 unspecified atom stereocenters. The number of carbonyl (C=O) groups excluding carboxylic acids is 1. The summed E-state index contributed by atoms with van der Waals surface area (Å²) in [6.45, 7) is 2.87. The van der Waals surface area contributed by atoms with E-state index in [2.05, 4.69) is 41.4 Å². The maximum atomic E-state index is 11.7. The predicted octanol–water partition coefficient (Wildman–Crippen LogP) is 2.63. The van der Waals surface area contributed by atoms with Crippen molar-refractivity contribution in [2.45, 2.75) is 13.5 Å². The van der Waals surface area contributed by atoms with Crippen molar-refractivity contribution in [2.75, 3.05) is 24.7 Å². The zero-order chi connectivity index (χ0) is 14.7. The van der Waals surface area contributed by atoms with Gasteiger partial charge in [-0.05, 0) is 18.6 Å². The molecule has 20 heavy (non-hydrogen) atoms. The molecule has 0 fully saturated rings. The molecule has 4 nitrogen and oxygen atoms in total. The van der Waals surface area contributed by atoms with Gasteiger partial charge >= 0.3 is 0 Å². The molecular formula is C15H19N3OS. The Morgan fingerprint density at radius 2 is 2.15 bits per heavy atom. The Morgan fingerprint density at radius 1 is 1.40 bits per heavy atom. The summed E-state index contributed by atoms with van der Waals surface area (Å²) in [7, 11) is 3.61. The van der Waals surface area contributed by atoms with E-state index >= 15 is 0 Å². The van der Waals surface area contributed by atoms with Crippen LogP contribution in [0.1, 0.15) is 20.8 Å². The number of carbonyl (C=O) groups is 1. The quantitative estimate of drug-likeness (QED) is 0.909. The maximum absolute atomic E-state index is 11.7. The van der Waals surface area contributed by atoms with Crippen molar-refractivity contribution in [2.24, 2.45) is 0 Å². The fraction of sp³-hybridized carbons (Fsp3) is 0.267. The van der Waals surface area contributed by atoms with E-state index in [0.29, 0.717) is 10.6 Å². The topological polar surface area (TPSA) is 58.4 Å². The number of amides is 1. The minimum Gasteiger partial charge on any atom is -0.397 e. The molecule has 0 aliphatic rings. The first-order chi connectivity index (χ1) is 9.51. The third kappa shape index (κ3) is 3.11. The average molecular weight is 289 g/mol. The fourth-order valence-corrected chi connectivity index (χ4v) is 3.02. The van der Waals surface area contributed by atoms with Crippen LogP contribution in [0, 0.1) is 6.92 Å². The fourth-order valence-electron chi connectivity index (χ4n) is 2.03. The highest BCUT2D eigenvalue weighted by Gasteiger charge is 2.15. The van der Waals surface area contributed by atoms with Crippen molar-refractivity contribution in [3.05, 3.63) is 46.3 Å². The van der Waals surface area contributed by atoms with Crippen LogP contribution in [0.15, 0.2) is 30.3 Å². The summed E-state index contributed by atoms with van der Waals surface area (Å²) >= 11 is 1.41. The zero-order valence-electron chi connectivity index (χ0n) is 11.9. The van der Waals surface area contributed by atoms with Crippen molar-refractivity contribution in [3.63, 3.8) is 0 Å². The minimum atomic E-state index is -0.136. The molecule has 0 saturated carbocycles. The largest absolute Gasteiger partial charge is 0.397 e. The van der Waals surface area contributed by atoms with E-state index in [1.54, 1.807) is 7.05 Å². The van der Waals surface area contributed by atoms with E-state index in [1.165, 1.54) is 22.5 Å². The standard InChI is InChI=1S/C15H19N3OS/c1-10-5-4-6-11(7-10)9-18(3)13-8-12(16)14(20-13)15(19)17-2/h4-8H,9,16H2,1-3H3,(H,17,19). The molecule has 106 valence electrons. The van der Waals surface area contributed by atoms with E-state index in [1.807, 2.05) is 13.1 Å². The summed E-state index contributed by atoms with van der Waals surface area (Å²) in [5.74, 6) is -0.136. The normalized spacial score (nSPS) is 10.3. The number of nitrogens with zero attached hydrogens (tertiary/aromatic N) is 1. The number of rotatable bonds is 4. The van der Waals surface area contributed by atoms with Crippen molar-refractivity contribution in [3.8, 4) is 0 Å². The minimum absolute atomic E-state index is 0.136. The van der Waals surface area contributed by atoms with Crippen molar-refractivity contribution < 1.29 is 4.79 Å². The molecule has 1 aromatic carbocycles. The van der Waals surface area contributed by atoms with Gasteiger partial charge in [-0.25, -0.2) is 0 Å². The molecule has 1 aromatic heterocycles. The molecule has 2 rings (SSSR count). The maximum Gasteiger partial charge on any atom is 0.263 e. The Hall–Kier alpha value is -2.01. The number of nitrogens with one attached hydrogen (secondary N) is 1. The van der Waals surface area contributed by atoms with E-state index in [-0.39, 0.29) is 5.91 Å². The average Bonchev–Trinajstić information content (AvgIpc) is 2.80. The van der Waals surface area contributed by atoms with Crippen molar-refractivity contribution in [1.82, 2.24) is 5.32 Å². The highest BCUT2D eigenvalue weighted by Crippen LogP contribution is 2.32. The van der Waals surface area contributed by atoms with Crippen LogP contribution in [-0.2, 0) is 6.54 Å². The number of nitrogens with two attached hydrogens (primary N) is 1. The Morgan fingerprint density at radius 3 is 2.80 bits per heavy atom. The van der Waals surface area contributed by atoms with Crippen molar-refractivity contribution >= 4 is 27.9 Å². The highest BCUT2D eigenvalue weighted by atomic mass is 32.1. The van der Waals surface area contributed by atoms with Crippen LogP contribution < -0.4 is 16.0 Å². The van der Waals surface area contributed by atoms with Crippen LogP contribution in [-0.4, -0.2) is 20.0 Å². The van der Waals surface area contributed by atoms with Gasteiger partial charge in [-0.3, -0.25) is 4.79 Å². The molecule has 0 aliphatic carbocycles. The summed E-state index contributed by atoms with van der Waals surface area (Å²) in [6, 6.07) is 10.2. The summed E-state index contributed by atoms with van der Waals surface area (Å²) in [5.41, 5.74) is 8.90. The molecule has 5 heteroatoms. The molecule has 1 amide bonds. The molecule has 0 bridgehead atoms. The molecule has 2 aromatic rings. The van der Waals surface area contributed by atoms with Gasteiger partial charge in [-0.2, -0.15) is 0 Å². The van der Waals surface area contributed by atoms with E-state index in [4.69, 9.17) is 5.73 Å². The second kappa shape index (κ2) is 5.96. The lowest BCUT2D eigenvalue weighted by Crippen LogP contribution is -2.17. The van der Waals surface area contributed by atoms with Crippen LogP contribution in [0.3, 0.4) is 0 Å². The van der Waals surface area contributed by atoms with Gasteiger partial charge in [0.25, 0.3) is 5.91 Å². The van der Waals surface area contributed by atoms with Gasteiger partial charge in [-0.15, -0.1) is 11.3 Å². The molecule has 3 N–H and O–H groups in total. The first-order valence-electron chi connectivity index (χ1n) is 6.39. The number of hydrogen-bond donors (Lipinski definition) is 2. The third-order valence-corrected chi connectivity index (χ3v) is 4.32. The van der Waals surface area contributed by atoms with E-state index in [9.17, 15) is 4.79 Å². The van der Waals surface area contributed by atoms with Gasteiger partial charge in [0.15, 0.2) is 0 Å². The number of nitrogen functional groups attached to an aromatic ring is 1. The molecule has 0 radical (unpaired) electrons. The monoisotopic (exact) mass is 289 g/mol. The van der Waals surface area contributed by atoms with Crippen LogP contribution >= 0.6 is 11.3 Å². The van der Waals surface area contributed by atoms with Gasteiger partial charge < -0.3 is 16.0 Å². The van der Waals surface area contributed by atoms with Gasteiger partial charge in [0.05, 0.1) is 10.7 Å². The van der Waals surface area contributed by atoms with Crippen LogP contribution in [0.2, 0.25) is 0 Å². The second-order valence-electron chi connectivity index (χ2n) is 4.79. The number of hydrogen-bond acceptors (Lipinski definition) is 4. The highest BCUT2D eigenvalue weighted by molar-refractivity contribution is 7.18. The Bertz CT molecular complexity index is 621. The zero-order valence-corrected chi connectivity index (χ0v) is 12.8. The van der Waals surface area contributed by atoms with Gasteiger partial charge in [0.1, 0.15) is 4.88 Å². The van der Waals surface area contributed by atoms with Gasteiger partial charge in [0.2, 0.25) is 0 Å². The lowest BCUT2D eigenvalue weighted by molar-refractivity contribution is 0.0968. The van der Waals surface area contributed by atoms with Crippen molar-refractivity contribution in [1.29, 1.82) is 0 Å². The molecule has 1 heterocycles.